The Morgan fingerprint density at radius 2 is 1.95 bits per heavy atom. The second kappa shape index (κ2) is 5.44. The van der Waals surface area contributed by atoms with Crippen LogP contribution in [0.15, 0.2) is 24.3 Å². The number of hydrogen-bond acceptors (Lipinski definition) is 3. The molecule has 4 heteroatoms. The lowest BCUT2D eigenvalue weighted by Gasteiger charge is -2.42. The number of rotatable bonds is 5. The lowest BCUT2D eigenvalue weighted by molar-refractivity contribution is -0.129. The first kappa shape index (κ1) is 13.4. The van der Waals surface area contributed by atoms with Crippen LogP contribution in [-0.2, 0) is 4.79 Å². The van der Waals surface area contributed by atoms with Crippen LogP contribution >= 0.6 is 0 Å². The van der Waals surface area contributed by atoms with E-state index in [1.165, 1.54) is 5.56 Å². The molecule has 1 amide bonds. The molecule has 1 N–H and O–H groups in total. The monoisotopic (exact) mass is 274 g/mol. The predicted octanol–water partition coefficient (Wildman–Crippen LogP) is 1.73. The van der Waals surface area contributed by atoms with Gasteiger partial charge in [-0.05, 0) is 38.8 Å². The van der Waals surface area contributed by atoms with E-state index in [4.69, 9.17) is 4.74 Å². The molecule has 108 valence electrons. The number of benzene rings is 1. The van der Waals surface area contributed by atoms with Crippen molar-refractivity contribution in [2.24, 2.45) is 0 Å². The summed E-state index contributed by atoms with van der Waals surface area (Å²) in [6.07, 6.45) is 2.48. The van der Waals surface area contributed by atoms with E-state index in [0.717, 1.165) is 31.7 Å². The third kappa shape index (κ3) is 3.12. The van der Waals surface area contributed by atoms with Crippen molar-refractivity contribution in [1.82, 2.24) is 10.2 Å². The number of hydrogen-bond donors (Lipinski definition) is 1. The Balaban J connectivity index is 1.43. The van der Waals surface area contributed by atoms with Gasteiger partial charge in [-0.2, -0.15) is 0 Å². The molecule has 1 aromatic rings. The highest BCUT2D eigenvalue weighted by Gasteiger charge is 2.36. The lowest BCUT2D eigenvalue weighted by Crippen LogP contribution is -2.60. The molecule has 1 aliphatic carbocycles. The SMILES string of the molecule is Cc1ccc(OC2CN(C(C)C(=O)NC3CC3)C2)cc1. The average molecular weight is 274 g/mol. The van der Waals surface area contributed by atoms with E-state index in [1.54, 1.807) is 0 Å². The van der Waals surface area contributed by atoms with Gasteiger partial charge in [-0.1, -0.05) is 17.7 Å². The van der Waals surface area contributed by atoms with Crippen LogP contribution in [-0.4, -0.2) is 42.1 Å². The summed E-state index contributed by atoms with van der Waals surface area (Å²) in [5.74, 6) is 1.07. The third-order valence-electron chi connectivity index (χ3n) is 4.05. The van der Waals surface area contributed by atoms with E-state index in [2.05, 4.69) is 29.3 Å². The fourth-order valence-corrected chi connectivity index (χ4v) is 2.38. The summed E-state index contributed by atoms with van der Waals surface area (Å²) in [7, 11) is 0. The second-order valence-electron chi connectivity index (χ2n) is 5.97. The average Bonchev–Trinajstić information content (AvgIpc) is 3.18. The van der Waals surface area contributed by atoms with E-state index in [1.807, 2.05) is 19.1 Å². The highest BCUT2D eigenvalue weighted by molar-refractivity contribution is 5.82. The largest absolute Gasteiger partial charge is 0.488 e. The van der Waals surface area contributed by atoms with Crippen LogP contribution in [0.2, 0.25) is 0 Å². The number of likely N-dealkylation sites (tertiary alicyclic amines) is 1. The summed E-state index contributed by atoms with van der Waals surface area (Å²) in [5.41, 5.74) is 1.23. The maximum Gasteiger partial charge on any atom is 0.237 e. The molecule has 4 nitrogen and oxygen atoms in total. The van der Waals surface area contributed by atoms with Gasteiger partial charge in [0, 0.05) is 19.1 Å². The Bertz CT molecular complexity index is 476. The molecular formula is C16H22N2O2. The maximum atomic E-state index is 11.9. The first-order valence-corrected chi connectivity index (χ1v) is 7.39. The molecule has 1 aliphatic heterocycles. The van der Waals surface area contributed by atoms with Crippen LogP contribution in [0.3, 0.4) is 0 Å². The second-order valence-corrected chi connectivity index (χ2v) is 5.97. The van der Waals surface area contributed by atoms with Crippen molar-refractivity contribution in [2.75, 3.05) is 13.1 Å². The fourth-order valence-electron chi connectivity index (χ4n) is 2.38. The molecule has 1 aromatic carbocycles. The van der Waals surface area contributed by atoms with Gasteiger partial charge in [0.15, 0.2) is 0 Å². The summed E-state index contributed by atoms with van der Waals surface area (Å²) in [6.45, 7) is 5.69. The van der Waals surface area contributed by atoms with Crippen LogP contribution in [0.25, 0.3) is 0 Å². The molecule has 20 heavy (non-hydrogen) atoms. The van der Waals surface area contributed by atoms with Gasteiger partial charge in [-0.25, -0.2) is 0 Å². The number of amides is 1. The van der Waals surface area contributed by atoms with Crippen molar-refractivity contribution in [3.8, 4) is 5.75 Å². The highest BCUT2D eigenvalue weighted by atomic mass is 16.5. The Morgan fingerprint density at radius 1 is 1.30 bits per heavy atom. The quantitative estimate of drug-likeness (QED) is 0.889. The van der Waals surface area contributed by atoms with Crippen molar-refractivity contribution in [2.45, 2.75) is 44.9 Å². The van der Waals surface area contributed by atoms with Crippen LogP contribution in [0.5, 0.6) is 5.75 Å². The zero-order valence-electron chi connectivity index (χ0n) is 12.1. The fraction of sp³-hybridized carbons (Fsp3) is 0.562. The molecule has 0 radical (unpaired) electrons. The minimum Gasteiger partial charge on any atom is -0.488 e. The van der Waals surface area contributed by atoms with Crippen molar-refractivity contribution in [3.63, 3.8) is 0 Å². The standard InChI is InChI=1S/C16H22N2O2/c1-11-3-7-14(8-4-11)20-15-9-18(10-15)12(2)16(19)17-13-5-6-13/h3-4,7-8,12-13,15H,5-6,9-10H2,1-2H3,(H,17,19). The van der Waals surface area contributed by atoms with E-state index < -0.39 is 0 Å². The number of carbonyl (C=O) groups excluding carboxylic acids is 1. The van der Waals surface area contributed by atoms with E-state index in [9.17, 15) is 4.79 Å². The van der Waals surface area contributed by atoms with Crippen molar-refractivity contribution in [3.05, 3.63) is 29.8 Å². The van der Waals surface area contributed by atoms with Crippen LogP contribution < -0.4 is 10.1 Å². The van der Waals surface area contributed by atoms with Crippen LogP contribution in [0.4, 0.5) is 0 Å². The Labute approximate surface area is 120 Å². The van der Waals surface area contributed by atoms with Crippen molar-refractivity contribution in [1.29, 1.82) is 0 Å². The summed E-state index contributed by atoms with van der Waals surface area (Å²) < 4.78 is 5.89. The van der Waals surface area contributed by atoms with Gasteiger partial charge < -0.3 is 10.1 Å². The number of aryl methyl sites for hydroxylation is 1. The van der Waals surface area contributed by atoms with Gasteiger partial charge in [0.1, 0.15) is 11.9 Å². The zero-order valence-corrected chi connectivity index (χ0v) is 12.1. The van der Waals surface area contributed by atoms with E-state index in [0.29, 0.717) is 6.04 Å². The smallest absolute Gasteiger partial charge is 0.237 e. The van der Waals surface area contributed by atoms with Crippen LogP contribution in [0, 0.1) is 6.92 Å². The minimum absolute atomic E-state index is 0.0477. The predicted molar refractivity (Wildman–Crippen MR) is 77.8 cm³/mol. The summed E-state index contributed by atoms with van der Waals surface area (Å²) in [5, 5.41) is 3.05. The van der Waals surface area contributed by atoms with Gasteiger partial charge in [-0.3, -0.25) is 9.69 Å². The number of ether oxygens (including phenoxy) is 1. The molecule has 0 bridgehead atoms. The maximum absolute atomic E-state index is 11.9. The number of nitrogens with zero attached hydrogens (tertiary/aromatic N) is 1. The van der Waals surface area contributed by atoms with E-state index in [-0.39, 0.29) is 18.1 Å². The molecular weight excluding hydrogens is 252 g/mol. The lowest BCUT2D eigenvalue weighted by atomic mass is 10.1. The topological polar surface area (TPSA) is 41.6 Å². The number of carbonyl (C=O) groups is 1. The van der Waals surface area contributed by atoms with Gasteiger partial charge >= 0.3 is 0 Å². The molecule has 0 aromatic heterocycles. The molecule has 1 atom stereocenters. The van der Waals surface area contributed by atoms with Crippen LogP contribution in [0.1, 0.15) is 25.3 Å². The van der Waals surface area contributed by atoms with Crippen molar-refractivity contribution < 1.29 is 9.53 Å². The Hall–Kier alpha value is -1.55. The molecule has 1 saturated carbocycles. The van der Waals surface area contributed by atoms with Gasteiger partial charge in [0.2, 0.25) is 5.91 Å². The molecule has 2 aliphatic rings. The highest BCUT2D eigenvalue weighted by Crippen LogP contribution is 2.22. The summed E-state index contributed by atoms with van der Waals surface area (Å²) >= 11 is 0. The molecule has 1 saturated heterocycles. The van der Waals surface area contributed by atoms with E-state index >= 15 is 0 Å². The summed E-state index contributed by atoms with van der Waals surface area (Å²) in [6, 6.07) is 8.50. The zero-order chi connectivity index (χ0) is 14.1. The molecule has 2 fully saturated rings. The first-order chi connectivity index (χ1) is 9.61. The van der Waals surface area contributed by atoms with Gasteiger partial charge in [-0.15, -0.1) is 0 Å². The third-order valence-corrected chi connectivity index (χ3v) is 4.05. The van der Waals surface area contributed by atoms with Gasteiger partial charge in [0.25, 0.3) is 0 Å². The van der Waals surface area contributed by atoms with Crippen molar-refractivity contribution >= 4 is 5.91 Å². The Kier molecular flexibility index (Phi) is 3.66. The normalized spacial score (nSPS) is 21.1. The van der Waals surface area contributed by atoms with Gasteiger partial charge in [0.05, 0.1) is 6.04 Å². The number of nitrogens with one attached hydrogen (secondary N) is 1. The molecule has 1 heterocycles. The Morgan fingerprint density at radius 3 is 2.55 bits per heavy atom. The molecule has 1 unspecified atom stereocenters. The first-order valence-electron chi connectivity index (χ1n) is 7.39. The summed E-state index contributed by atoms with van der Waals surface area (Å²) in [4.78, 5) is 14.1. The molecule has 3 rings (SSSR count). The molecule has 0 spiro atoms. The minimum atomic E-state index is -0.0477.